The Labute approximate surface area is 131 Å². The molecule has 3 heteroatoms. The lowest BCUT2D eigenvalue weighted by Gasteiger charge is -2.09. The lowest BCUT2D eigenvalue weighted by Crippen LogP contribution is -2.08. The second kappa shape index (κ2) is 6.94. The monoisotopic (exact) mass is 295 g/mol. The van der Waals surface area contributed by atoms with E-state index in [0.717, 1.165) is 16.6 Å². The predicted octanol–water partition coefficient (Wildman–Crippen LogP) is 4.75. The van der Waals surface area contributed by atoms with Gasteiger partial charge in [0.05, 0.1) is 12.6 Å². The molecule has 0 bridgehead atoms. The Morgan fingerprint density at radius 2 is 1.68 bits per heavy atom. The summed E-state index contributed by atoms with van der Waals surface area (Å²) in [5.41, 5.74) is 3.66. The van der Waals surface area contributed by atoms with Gasteiger partial charge in [0.2, 0.25) is 0 Å². The fourth-order valence-electron chi connectivity index (χ4n) is 2.44. The topological polar surface area (TPSA) is 31.2 Å². The van der Waals surface area contributed by atoms with Gasteiger partial charge in [-0.2, -0.15) is 0 Å². The molecule has 0 saturated heterocycles. The molecule has 3 nitrogen and oxygen atoms in total. The van der Waals surface area contributed by atoms with Crippen LogP contribution < -0.4 is 0 Å². The quantitative estimate of drug-likeness (QED) is 0.639. The number of aryl methyl sites for hydroxylation is 1. The number of carbonyl (C=O) groups excluding carboxylic acids is 1. The maximum absolute atomic E-state index is 12.0. The third-order valence-corrected chi connectivity index (χ3v) is 3.37. The molecule has 1 aromatic heterocycles. The SMILES string of the molecule is CC.COC(=O)c1cc2cc(C)ccc2n1-c1ccccc1. The van der Waals surface area contributed by atoms with E-state index in [-0.39, 0.29) is 5.97 Å². The van der Waals surface area contributed by atoms with Gasteiger partial charge < -0.3 is 9.30 Å². The van der Waals surface area contributed by atoms with Gasteiger partial charge in [0.15, 0.2) is 0 Å². The standard InChI is InChI=1S/C17H15NO2.C2H6/c1-12-8-9-15-13(10-12)11-16(17(19)20-2)18(15)14-6-4-3-5-7-14;1-2/h3-11H,1-2H3;1-2H3. The van der Waals surface area contributed by atoms with Gasteiger partial charge in [0.1, 0.15) is 5.69 Å². The summed E-state index contributed by atoms with van der Waals surface area (Å²) in [4.78, 5) is 12.0. The van der Waals surface area contributed by atoms with Crippen LogP contribution in [0.15, 0.2) is 54.6 Å². The van der Waals surface area contributed by atoms with Crippen LogP contribution in [-0.2, 0) is 4.74 Å². The maximum Gasteiger partial charge on any atom is 0.355 e. The highest BCUT2D eigenvalue weighted by Crippen LogP contribution is 2.25. The fraction of sp³-hybridized carbons (Fsp3) is 0.211. The minimum Gasteiger partial charge on any atom is -0.464 e. The average Bonchev–Trinajstić information content (AvgIpc) is 2.95. The highest BCUT2D eigenvalue weighted by molar-refractivity contribution is 5.97. The number of rotatable bonds is 2. The van der Waals surface area contributed by atoms with Gasteiger partial charge in [0.25, 0.3) is 0 Å². The molecule has 1 heterocycles. The normalized spacial score (nSPS) is 10.0. The summed E-state index contributed by atoms with van der Waals surface area (Å²) in [5.74, 6) is -0.331. The predicted molar refractivity (Wildman–Crippen MR) is 90.7 cm³/mol. The first kappa shape index (κ1) is 15.8. The average molecular weight is 295 g/mol. The zero-order chi connectivity index (χ0) is 16.1. The highest BCUT2D eigenvalue weighted by Gasteiger charge is 2.17. The molecular formula is C19H21NO2. The number of aromatic nitrogens is 1. The number of benzene rings is 2. The van der Waals surface area contributed by atoms with Crippen molar-refractivity contribution in [2.24, 2.45) is 0 Å². The lowest BCUT2D eigenvalue weighted by molar-refractivity contribution is 0.0592. The molecular weight excluding hydrogens is 274 g/mol. The number of fused-ring (bicyclic) bond motifs is 1. The van der Waals surface area contributed by atoms with Crippen LogP contribution in [0.1, 0.15) is 29.9 Å². The molecule has 0 spiro atoms. The van der Waals surface area contributed by atoms with Gasteiger partial charge in [-0.05, 0) is 37.3 Å². The number of ether oxygens (including phenoxy) is 1. The summed E-state index contributed by atoms with van der Waals surface area (Å²) in [7, 11) is 1.40. The highest BCUT2D eigenvalue weighted by atomic mass is 16.5. The largest absolute Gasteiger partial charge is 0.464 e. The lowest BCUT2D eigenvalue weighted by atomic mass is 10.2. The molecule has 0 aliphatic carbocycles. The molecule has 0 amide bonds. The van der Waals surface area contributed by atoms with Crippen molar-refractivity contribution in [1.29, 1.82) is 0 Å². The van der Waals surface area contributed by atoms with Crippen molar-refractivity contribution in [1.82, 2.24) is 4.57 Å². The smallest absolute Gasteiger partial charge is 0.355 e. The van der Waals surface area contributed by atoms with Crippen LogP contribution in [0.25, 0.3) is 16.6 Å². The van der Waals surface area contributed by atoms with Gasteiger partial charge in [-0.1, -0.05) is 43.7 Å². The van der Waals surface area contributed by atoms with E-state index in [1.54, 1.807) is 0 Å². The number of hydrogen-bond donors (Lipinski definition) is 0. The van der Waals surface area contributed by atoms with Crippen LogP contribution in [0.5, 0.6) is 0 Å². The van der Waals surface area contributed by atoms with Gasteiger partial charge in [0, 0.05) is 11.1 Å². The van der Waals surface area contributed by atoms with Crippen molar-refractivity contribution in [3.63, 3.8) is 0 Å². The van der Waals surface area contributed by atoms with E-state index in [1.165, 1.54) is 12.7 Å². The van der Waals surface area contributed by atoms with Crippen molar-refractivity contribution in [3.05, 3.63) is 65.9 Å². The van der Waals surface area contributed by atoms with Crippen LogP contribution in [-0.4, -0.2) is 17.6 Å². The van der Waals surface area contributed by atoms with Crippen LogP contribution in [0, 0.1) is 6.92 Å². The number of carbonyl (C=O) groups is 1. The molecule has 0 fully saturated rings. The van der Waals surface area contributed by atoms with Gasteiger partial charge in [-0.3, -0.25) is 0 Å². The Hall–Kier alpha value is -2.55. The zero-order valence-corrected chi connectivity index (χ0v) is 13.5. The van der Waals surface area contributed by atoms with Crippen LogP contribution in [0.3, 0.4) is 0 Å². The third-order valence-electron chi connectivity index (χ3n) is 3.37. The molecule has 2 aromatic carbocycles. The summed E-state index contributed by atoms with van der Waals surface area (Å²) in [6.45, 7) is 6.04. The zero-order valence-electron chi connectivity index (χ0n) is 13.5. The first-order valence-corrected chi connectivity index (χ1v) is 7.46. The molecule has 0 saturated carbocycles. The van der Waals surface area contributed by atoms with Crippen molar-refractivity contribution in [2.45, 2.75) is 20.8 Å². The Kier molecular flexibility index (Phi) is 4.99. The van der Waals surface area contributed by atoms with Crippen LogP contribution >= 0.6 is 0 Å². The Balaban J connectivity index is 0.000000847. The number of methoxy groups -OCH3 is 1. The molecule has 0 aliphatic rings. The molecule has 0 radical (unpaired) electrons. The molecule has 0 unspecified atom stereocenters. The molecule has 114 valence electrons. The minimum absolute atomic E-state index is 0.331. The van der Waals surface area contributed by atoms with Gasteiger partial charge in [-0.15, -0.1) is 0 Å². The van der Waals surface area contributed by atoms with Gasteiger partial charge >= 0.3 is 5.97 Å². The van der Waals surface area contributed by atoms with E-state index in [0.29, 0.717) is 5.69 Å². The Bertz CT molecular complexity index is 773. The molecule has 0 atom stereocenters. The van der Waals surface area contributed by atoms with Crippen molar-refractivity contribution in [2.75, 3.05) is 7.11 Å². The molecule has 3 aromatic rings. The maximum atomic E-state index is 12.0. The molecule has 0 aliphatic heterocycles. The van der Waals surface area contributed by atoms with E-state index in [9.17, 15) is 4.79 Å². The first-order valence-electron chi connectivity index (χ1n) is 7.46. The Morgan fingerprint density at radius 1 is 1.00 bits per heavy atom. The second-order valence-corrected chi connectivity index (χ2v) is 4.75. The van der Waals surface area contributed by atoms with E-state index in [1.807, 2.05) is 73.9 Å². The summed E-state index contributed by atoms with van der Waals surface area (Å²) >= 11 is 0. The molecule has 0 N–H and O–H groups in total. The van der Waals surface area contributed by atoms with Crippen molar-refractivity contribution < 1.29 is 9.53 Å². The van der Waals surface area contributed by atoms with Crippen LogP contribution in [0.4, 0.5) is 0 Å². The molecule has 3 rings (SSSR count). The Morgan fingerprint density at radius 3 is 2.32 bits per heavy atom. The fourth-order valence-corrected chi connectivity index (χ4v) is 2.44. The summed E-state index contributed by atoms with van der Waals surface area (Å²) < 4.78 is 6.83. The second-order valence-electron chi connectivity index (χ2n) is 4.75. The number of esters is 1. The van der Waals surface area contributed by atoms with Crippen molar-refractivity contribution >= 4 is 16.9 Å². The van der Waals surface area contributed by atoms with E-state index in [4.69, 9.17) is 4.74 Å². The van der Waals surface area contributed by atoms with Crippen molar-refractivity contribution in [3.8, 4) is 5.69 Å². The first-order chi connectivity index (χ1) is 10.7. The van der Waals surface area contributed by atoms with E-state index >= 15 is 0 Å². The molecule has 22 heavy (non-hydrogen) atoms. The third kappa shape index (κ3) is 2.89. The van der Waals surface area contributed by atoms with E-state index < -0.39 is 0 Å². The summed E-state index contributed by atoms with van der Waals surface area (Å²) in [5, 5.41) is 1.04. The minimum atomic E-state index is -0.331. The number of nitrogens with zero attached hydrogens (tertiary/aromatic N) is 1. The van der Waals surface area contributed by atoms with E-state index in [2.05, 4.69) is 6.07 Å². The summed E-state index contributed by atoms with van der Waals surface area (Å²) in [6.07, 6.45) is 0. The van der Waals surface area contributed by atoms with Crippen LogP contribution in [0.2, 0.25) is 0 Å². The van der Waals surface area contributed by atoms with Gasteiger partial charge in [-0.25, -0.2) is 4.79 Å². The number of hydrogen-bond acceptors (Lipinski definition) is 2. The summed E-state index contributed by atoms with van der Waals surface area (Å²) in [6, 6.07) is 17.8. The number of para-hydroxylation sites is 1.